The number of ether oxygens (including phenoxy) is 1. The van der Waals surface area contributed by atoms with Gasteiger partial charge in [-0.05, 0) is 36.1 Å². The largest absolute Gasteiger partial charge is 0.373 e. The predicted octanol–water partition coefficient (Wildman–Crippen LogP) is 4.37. The summed E-state index contributed by atoms with van der Waals surface area (Å²) in [7, 11) is 0. The lowest BCUT2D eigenvalue weighted by molar-refractivity contribution is -0.0272. The van der Waals surface area contributed by atoms with Gasteiger partial charge in [0.2, 0.25) is 0 Å². The van der Waals surface area contributed by atoms with E-state index in [9.17, 15) is 4.79 Å². The van der Waals surface area contributed by atoms with Gasteiger partial charge in [0, 0.05) is 24.0 Å². The smallest absolute Gasteiger partial charge is 0.262 e. The maximum atomic E-state index is 12.4. The van der Waals surface area contributed by atoms with Crippen LogP contribution in [0.2, 0.25) is 0 Å². The van der Waals surface area contributed by atoms with Crippen molar-refractivity contribution in [3.8, 4) is 0 Å². The molecule has 0 aliphatic carbocycles. The van der Waals surface area contributed by atoms with Crippen molar-refractivity contribution in [2.45, 2.75) is 23.8 Å². The second-order valence-electron chi connectivity index (χ2n) is 5.63. The normalized spacial score (nSPS) is 21.1. The monoisotopic (exact) mass is 347 g/mol. The van der Waals surface area contributed by atoms with Gasteiger partial charge in [0.1, 0.15) is 4.88 Å². The van der Waals surface area contributed by atoms with Gasteiger partial charge in [0.25, 0.3) is 5.91 Å². The molecule has 2 atom stereocenters. The molecule has 1 amide bonds. The van der Waals surface area contributed by atoms with E-state index in [1.54, 1.807) is 11.8 Å². The fourth-order valence-electron chi connectivity index (χ4n) is 2.99. The Kier molecular flexibility index (Phi) is 5.75. The third kappa shape index (κ3) is 3.97. The zero-order chi connectivity index (χ0) is 16.1. The van der Waals surface area contributed by atoms with E-state index < -0.39 is 0 Å². The summed E-state index contributed by atoms with van der Waals surface area (Å²) in [4.78, 5) is 14.3. The van der Waals surface area contributed by atoms with Crippen LogP contribution in [-0.4, -0.2) is 25.3 Å². The molecule has 1 N–H and O–H groups in total. The Hall–Kier alpha value is -1.30. The minimum absolute atomic E-state index is 0.0294. The molecule has 0 saturated carbocycles. The van der Waals surface area contributed by atoms with Gasteiger partial charge in [-0.15, -0.1) is 23.1 Å². The minimum atomic E-state index is 0.0294. The average Bonchev–Trinajstić information content (AvgIpc) is 3.09. The molecule has 23 heavy (non-hydrogen) atoms. The van der Waals surface area contributed by atoms with Crippen LogP contribution in [0.3, 0.4) is 0 Å². The summed E-state index contributed by atoms with van der Waals surface area (Å²) < 4.78 is 5.99. The Labute approximate surface area is 145 Å². The molecule has 2 aromatic rings. The number of hydrogen-bond acceptors (Lipinski definition) is 4. The maximum Gasteiger partial charge on any atom is 0.262 e. The highest BCUT2D eigenvalue weighted by molar-refractivity contribution is 7.98. The van der Waals surface area contributed by atoms with Crippen molar-refractivity contribution in [2.24, 2.45) is 5.92 Å². The minimum Gasteiger partial charge on any atom is -0.373 e. The van der Waals surface area contributed by atoms with Crippen LogP contribution in [0, 0.1) is 5.92 Å². The summed E-state index contributed by atoms with van der Waals surface area (Å²) in [6.07, 6.45) is 4.21. The predicted molar refractivity (Wildman–Crippen MR) is 96.3 cm³/mol. The van der Waals surface area contributed by atoms with Gasteiger partial charge in [-0.1, -0.05) is 30.3 Å². The fourth-order valence-corrected chi connectivity index (χ4v) is 4.66. The maximum absolute atomic E-state index is 12.4. The zero-order valence-electron chi connectivity index (χ0n) is 13.2. The van der Waals surface area contributed by atoms with Crippen LogP contribution < -0.4 is 5.32 Å². The highest BCUT2D eigenvalue weighted by atomic mass is 32.2. The van der Waals surface area contributed by atoms with E-state index in [4.69, 9.17) is 4.74 Å². The molecule has 1 fully saturated rings. The van der Waals surface area contributed by atoms with Crippen molar-refractivity contribution in [3.05, 3.63) is 52.2 Å². The van der Waals surface area contributed by atoms with Gasteiger partial charge in [-0.25, -0.2) is 0 Å². The SMILES string of the molecule is CSc1ccsc1C(=O)NC[C@H]1CCCO[C@@H]1c1ccccc1. The molecule has 0 unspecified atom stereocenters. The van der Waals surface area contributed by atoms with Crippen LogP contribution in [0.25, 0.3) is 0 Å². The summed E-state index contributed by atoms with van der Waals surface area (Å²) in [6, 6.07) is 12.3. The lowest BCUT2D eigenvalue weighted by Gasteiger charge is -2.32. The van der Waals surface area contributed by atoms with Crippen molar-refractivity contribution >= 4 is 29.0 Å². The van der Waals surface area contributed by atoms with Crippen LogP contribution in [-0.2, 0) is 4.74 Å². The van der Waals surface area contributed by atoms with Gasteiger partial charge < -0.3 is 10.1 Å². The highest BCUT2D eigenvalue weighted by Gasteiger charge is 2.28. The van der Waals surface area contributed by atoms with Gasteiger partial charge in [-0.3, -0.25) is 4.79 Å². The number of amides is 1. The average molecular weight is 348 g/mol. The van der Waals surface area contributed by atoms with Crippen LogP contribution in [0.5, 0.6) is 0 Å². The molecular weight excluding hydrogens is 326 g/mol. The molecule has 3 nitrogen and oxygen atoms in total. The molecule has 2 heterocycles. The van der Waals surface area contributed by atoms with Crippen molar-refractivity contribution in [1.29, 1.82) is 0 Å². The number of nitrogens with one attached hydrogen (secondary N) is 1. The van der Waals surface area contributed by atoms with Crippen LogP contribution in [0.15, 0.2) is 46.7 Å². The van der Waals surface area contributed by atoms with Crippen molar-refractivity contribution in [3.63, 3.8) is 0 Å². The Morgan fingerprint density at radius 3 is 2.96 bits per heavy atom. The number of benzene rings is 1. The first-order valence-corrected chi connectivity index (χ1v) is 9.96. The standard InChI is InChI=1S/C18H21NO2S2/c1-22-15-9-11-23-17(15)18(20)19-12-14-8-5-10-21-16(14)13-6-3-2-4-7-13/h2-4,6-7,9,11,14,16H,5,8,10,12H2,1H3,(H,19,20)/t14-,16-/m1/s1. The van der Waals surface area contributed by atoms with Crippen LogP contribution in [0.1, 0.15) is 34.2 Å². The molecule has 122 valence electrons. The van der Waals surface area contributed by atoms with E-state index in [1.807, 2.05) is 35.9 Å². The second kappa shape index (κ2) is 7.99. The molecule has 3 rings (SSSR count). The third-order valence-electron chi connectivity index (χ3n) is 4.15. The van der Waals surface area contributed by atoms with E-state index in [-0.39, 0.29) is 12.0 Å². The Balaban J connectivity index is 1.65. The molecule has 0 bridgehead atoms. The van der Waals surface area contributed by atoms with Crippen LogP contribution in [0.4, 0.5) is 0 Å². The number of hydrogen-bond donors (Lipinski definition) is 1. The first-order valence-electron chi connectivity index (χ1n) is 7.86. The fraction of sp³-hybridized carbons (Fsp3) is 0.389. The Bertz CT molecular complexity index is 641. The van der Waals surface area contributed by atoms with Crippen molar-refractivity contribution < 1.29 is 9.53 Å². The van der Waals surface area contributed by atoms with E-state index in [2.05, 4.69) is 17.4 Å². The number of carbonyl (C=O) groups excluding carboxylic acids is 1. The van der Waals surface area contributed by atoms with Crippen molar-refractivity contribution in [1.82, 2.24) is 5.32 Å². The number of rotatable bonds is 5. The Morgan fingerprint density at radius 2 is 2.17 bits per heavy atom. The van der Waals surface area contributed by atoms with E-state index >= 15 is 0 Å². The van der Waals surface area contributed by atoms with Crippen molar-refractivity contribution in [2.75, 3.05) is 19.4 Å². The first kappa shape index (κ1) is 16.6. The molecule has 1 saturated heterocycles. The summed E-state index contributed by atoms with van der Waals surface area (Å²) in [6.45, 7) is 1.45. The van der Waals surface area contributed by atoms with Crippen LogP contribution >= 0.6 is 23.1 Å². The summed E-state index contributed by atoms with van der Waals surface area (Å²) in [5, 5.41) is 5.08. The quantitative estimate of drug-likeness (QED) is 0.816. The highest BCUT2D eigenvalue weighted by Crippen LogP contribution is 2.33. The second-order valence-corrected chi connectivity index (χ2v) is 7.40. The van der Waals surface area contributed by atoms with E-state index in [0.29, 0.717) is 12.5 Å². The summed E-state index contributed by atoms with van der Waals surface area (Å²) in [5.41, 5.74) is 1.20. The lowest BCUT2D eigenvalue weighted by atomic mass is 9.89. The van der Waals surface area contributed by atoms with Gasteiger partial charge in [0.05, 0.1) is 6.10 Å². The van der Waals surface area contributed by atoms with Gasteiger partial charge in [0.15, 0.2) is 0 Å². The first-order chi connectivity index (χ1) is 11.3. The van der Waals surface area contributed by atoms with E-state index in [1.165, 1.54) is 16.9 Å². The molecule has 0 spiro atoms. The molecule has 1 aromatic heterocycles. The zero-order valence-corrected chi connectivity index (χ0v) is 14.8. The Morgan fingerprint density at radius 1 is 1.35 bits per heavy atom. The summed E-state index contributed by atoms with van der Waals surface area (Å²) >= 11 is 3.12. The number of thiophene rings is 1. The lowest BCUT2D eigenvalue weighted by Crippen LogP contribution is -2.35. The van der Waals surface area contributed by atoms with Gasteiger partial charge in [-0.2, -0.15) is 0 Å². The molecule has 0 radical (unpaired) electrons. The molecular formula is C18H21NO2S2. The van der Waals surface area contributed by atoms with E-state index in [0.717, 1.165) is 29.2 Å². The summed E-state index contributed by atoms with van der Waals surface area (Å²) in [5.74, 6) is 0.356. The number of carbonyl (C=O) groups is 1. The molecule has 5 heteroatoms. The molecule has 1 aromatic carbocycles. The third-order valence-corrected chi connectivity index (χ3v) is 5.98. The molecule has 1 aliphatic rings. The molecule has 1 aliphatic heterocycles. The number of thioether (sulfide) groups is 1. The van der Waals surface area contributed by atoms with Gasteiger partial charge >= 0.3 is 0 Å². The topological polar surface area (TPSA) is 38.3 Å².